The predicted molar refractivity (Wildman–Crippen MR) is 86.9 cm³/mol. The highest BCUT2D eigenvalue weighted by atomic mass is 15.3. The summed E-state index contributed by atoms with van der Waals surface area (Å²) >= 11 is 0. The van der Waals surface area contributed by atoms with Crippen molar-refractivity contribution in [2.75, 3.05) is 33.7 Å². The summed E-state index contributed by atoms with van der Waals surface area (Å²) in [6.07, 6.45) is 9.33. The summed E-state index contributed by atoms with van der Waals surface area (Å²) in [5.41, 5.74) is 7.10. The number of hydrogen-bond donors (Lipinski definition) is 1. The van der Waals surface area contributed by atoms with Crippen LogP contribution in [0.3, 0.4) is 0 Å². The third-order valence-corrected chi connectivity index (χ3v) is 5.71. The Morgan fingerprint density at radius 1 is 1.10 bits per heavy atom. The Hall–Kier alpha value is -0.120. The number of nitrogens with zero attached hydrogens (tertiary/aromatic N) is 2. The van der Waals surface area contributed by atoms with Crippen molar-refractivity contribution in [1.82, 2.24) is 9.80 Å². The molecular weight excluding hydrogens is 246 g/mol. The standard InChI is InChI=1S/C17H35N3/c1-16(2)8-6-9-17(14-18,11-10-16)20-12-5-7-15(20)13-19(3)4/h15H,5-14,18H2,1-4H3. The van der Waals surface area contributed by atoms with E-state index in [-0.39, 0.29) is 5.54 Å². The molecule has 3 nitrogen and oxygen atoms in total. The maximum Gasteiger partial charge on any atom is 0.0335 e. The summed E-state index contributed by atoms with van der Waals surface area (Å²) < 4.78 is 0. The molecule has 118 valence electrons. The van der Waals surface area contributed by atoms with E-state index in [4.69, 9.17) is 5.73 Å². The molecule has 20 heavy (non-hydrogen) atoms. The molecule has 1 aliphatic carbocycles. The Kier molecular flexibility index (Phi) is 5.14. The fourth-order valence-corrected chi connectivity index (χ4v) is 4.40. The van der Waals surface area contributed by atoms with Crippen LogP contribution in [0.2, 0.25) is 0 Å². The second-order valence-corrected chi connectivity index (χ2v) is 8.20. The third-order valence-electron chi connectivity index (χ3n) is 5.71. The van der Waals surface area contributed by atoms with E-state index < -0.39 is 0 Å². The minimum absolute atomic E-state index is 0.283. The molecule has 0 radical (unpaired) electrons. The molecule has 0 aromatic heterocycles. The van der Waals surface area contributed by atoms with E-state index in [1.807, 2.05) is 0 Å². The lowest BCUT2D eigenvalue weighted by atomic mass is 9.82. The zero-order valence-electron chi connectivity index (χ0n) is 14.1. The normalized spacial score (nSPS) is 35.4. The van der Waals surface area contributed by atoms with Crippen LogP contribution in [0.15, 0.2) is 0 Å². The summed E-state index contributed by atoms with van der Waals surface area (Å²) in [6.45, 7) is 8.15. The topological polar surface area (TPSA) is 32.5 Å². The SMILES string of the molecule is CN(C)CC1CCCN1C1(CN)CCCC(C)(C)CC1. The molecule has 1 saturated carbocycles. The Morgan fingerprint density at radius 2 is 1.85 bits per heavy atom. The van der Waals surface area contributed by atoms with E-state index in [0.717, 1.165) is 12.6 Å². The highest BCUT2D eigenvalue weighted by molar-refractivity contribution is 5.00. The number of hydrogen-bond acceptors (Lipinski definition) is 3. The lowest BCUT2D eigenvalue weighted by molar-refractivity contribution is 0.0521. The van der Waals surface area contributed by atoms with Crippen molar-refractivity contribution >= 4 is 0 Å². The van der Waals surface area contributed by atoms with Crippen molar-refractivity contribution in [3.05, 3.63) is 0 Å². The average Bonchev–Trinajstić information content (AvgIpc) is 2.75. The summed E-state index contributed by atoms with van der Waals surface area (Å²) in [7, 11) is 4.39. The summed E-state index contributed by atoms with van der Waals surface area (Å²) in [5.74, 6) is 0. The molecule has 2 N–H and O–H groups in total. The molecule has 0 bridgehead atoms. The minimum atomic E-state index is 0.283. The van der Waals surface area contributed by atoms with Crippen LogP contribution in [0.4, 0.5) is 0 Å². The molecule has 2 aliphatic rings. The van der Waals surface area contributed by atoms with E-state index in [2.05, 4.69) is 37.7 Å². The Bertz CT molecular complexity index is 313. The summed E-state index contributed by atoms with van der Waals surface area (Å²) in [4.78, 5) is 5.14. The van der Waals surface area contributed by atoms with Crippen LogP contribution >= 0.6 is 0 Å². The van der Waals surface area contributed by atoms with Gasteiger partial charge in [-0.25, -0.2) is 0 Å². The molecule has 1 saturated heterocycles. The third kappa shape index (κ3) is 3.55. The monoisotopic (exact) mass is 281 g/mol. The van der Waals surface area contributed by atoms with E-state index in [9.17, 15) is 0 Å². The van der Waals surface area contributed by atoms with Crippen molar-refractivity contribution in [2.24, 2.45) is 11.1 Å². The molecule has 0 aromatic carbocycles. The second-order valence-electron chi connectivity index (χ2n) is 8.20. The van der Waals surface area contributed by atoms with Gasteiger partial charge in [0.15, 0.2) is 0 Å². The van der Waals surface area contributed by atoms with Gasteiger partial charge in [-0.05, 0) is 64.6 Å². The van der Waals surface area contributed by atoms with Gasteiger partial charge in [-0.1, -0.05) is 20.3 Å². The molecule has 1 aliphatic heterocycles. The van der Waals surface area contributed by atoms with Gasteiger partial charge in [0.1, 0.15) is 0 Å². The first-order valence-electron chi connectivity index (χ1n) is 8.50. The van der Waals surface area contributed by atoms with Crippen LogP contribution < -0.4 is 5.73 Å². The van der Waals surface area contributed by atoms with Crippen molar-refractivity contribution in [2.45, 2.75) is 70.4 Å². The lowest BCUT2D eigenvalue weighted by Crippen LogP contribution is -2.57. The smallest absolute Gasteiger partial charge is 0.0335 e. The fourth-order valence-electron chi connectivity index (χ4n) is 4.40. The maximum atomic E-state index is 6.31. The van der Waals surface area contributed by atoms with Crippen molar-refractivity contribution < 1.29 is 0 Å². The quantitative estimate of drug-likeness (QED) is 0.804. The number of likely N-dealkylation sites (tertiary alicyclic amines) is 1. The van der Waals surface area contributed by atoms with Crippen molar-refractivity contribution in [1.29, 1.82) is 0 Å². The van der Waals surface area contributed by atoms with Crippen LogP contribution in [0.5, 0.6) is 0 Å². The first-order chi connectivity index (χ1) is 9.38. The number of nitrogens with two attached hydrogens (primary N) is 1. The molecule has 1 heterocycles. The second kappa shape index (κ2) is 6.33. The molecule has 2 unspecified atom stereocenters. The number of likely N-dealkylation sites (N-methyl/N-ethyl adjacent to an activating group) is 1. The van der Waals surface area contributed by atoms with Crippen LogP contribution in [0, 0.1) is 5.41 Å². The molecule has 3 heteroatoms. The molecule has 0 amide bonds. The first-order valence-corrected chi connectivity index (χ1v) is 8.50. The first kappa shape index (κ1) is 16.3. The maximum absolute atomic E-state index is 6.31. The van der Waals surface area contributed by atoms with Crippen LogP contribution in [-0.4, -0.2) is 55.1 Å². The van der Waals surface area contributed by atoms with Crippen LogP contribution in [-0.2, 0) is 0 Å². The summed E-state index contributed by atoms with van der Waals surface area (Å²) in [6, 6.07) is 0.717. The minimum Gasteiger partial charge on any atom is -0.329 e. The van der Waals surface area contributed by atoms with Crippen LogP contribution in [0.25, 0.3) is 0 Å². The van der Waals surface area contributed by atoms with E-state index in [1.165, 1.54) is 58.0 Å². The molecular formula is C17H35N3. The van der Waals surface area contributed by atoms with Gasteiger partial charge in [0.05, 0.1) is 0 Å². The molecule has 2 fully saturated rings. The van der Waals surface area contributed by atoms with Gasteiger partial charge < -0.3 is 10.6 Å². The largest absolute Gasteiger partial charge is 0.329 e. The average molecular weight is 281 g/mol. The molecule has 0 spiro atoms. The van der Waals surface area contributed by atoms with E-state index in [1.54, 1.807) is 0 Å². The predicted octanol–water partition coefficient (Wildman–Crippen LogP) is 2.70. The van der Waals surface area contributed by atoms with Crippen molar-refractivity contribution in [3.63, 3.8) is 0 Å². The Balaban J connectivity index is 2.13. The summed E-state index contributed by atoms with van der Waals surface area (Å²) in [5, 5.41) is 0. The highest BCUT2D eigenvalue weighted by Crippen LogP contribution is 2.42. The van der Waals surface area contributed by atoms with Crippen molar-refractivity contribution in [3.8, 4) is 0 Å². The molecule has 2 atom stereocenters. The molecule has 0 aromatic rings. The zero-order chi connectivity index (χ0) is 14.8. The zero-order valence-corrected chi connectivity index (χ0v) is 14.1. The Labute approximate surface area is 125 Å². The van der Waals surface area contributed by atoms with Gasteiger partial charge in [-0.15, -0.1) is 0 Å². The highest BCUT2D eigenvalue weighted by Gasteiger charge is 2.43. The van der Waals surface area contributed by atoms with Gasteiger partial charge in [0, 0.05) is 24.7 Å². The fraction of sp³-hybridized carbons (Fsp3) is 1.00. The van der Waals surface area contributed by atoms with E-state index >= 15 is 0 Å². The lowest BCUT2D eigenvalue weighted by Gasteiger charge is -2.45. The van der Waals surface area contributed by atoms with Gasteiger partial charge >= 0.3 is 0 Å². The van der Waals surface area contributed by atoms with Gasteiger partial charge in [0.2, 0.25) is 0 Å². The van der Waals surface area contributed by atoms with Gasteiger partial charge in [-0.2, -0.15) is 0 Å². The van der Waals surface area contributed by atoms with Crippen LogP contribution in [0.1, 0.15) is 58.8 Å². The van der Waals surface area contributed by atoms with Gasteiger partial charge in [-0.3, -0.25) is 4.90 Å². The van der Waals surface area contributed by atoms with E-state index in [0.29, 0.717) is 5.41 Å². The number of rotatable bonds is 4. The molecule has 2 rings (SSSR count). The Morgan fingerprint density at radius 3 is 2.50 bits per heavy atom. The van der Waals surface area contributed by atoms with Gasteiger partial charge in [0.25, 0.3) is 0 Å².